The highest BCUT2D eigenvalue weighted by Gasteiger charge is 2.45. The van der Waals surface area contributed by atoms with E-state index in [0.717, 1.165) is 16.2 Å². The van der Waals surface area contributed by atoms with E-state index in [1.54, 1.807) is 12.1 Å². The molecule has 0 aliphatic rings. The maximum Gasteiger partial charge on any atom is 0.426 e. The Morgan fingerprint density at radius 3 is 2.22 bits per heavy atom. The predicted octanol–water partition coefficient (Wildman–Crippen LogP) is 3.97. The minimum absolute atomic E-state index is 0.163. The molecular weight excluding hydrogens is 385 g/mol. The summed E-state index contributed by atoms with van der Waals surface area (Å²) in [7, 11) is -5.00. The van der Waals surface area contributed by atoms with Crippen LogP contribution in [0.15, 0.2) is 54.6 Å². The van der Waals surface area contributed by atoms with E-state index in [0.29, 0.717) is 5.39 Å². The van der Waals surface area contributed by atoms with Gasteiger partial charge >= 0.3 is 12.1 Å². The summed E-state index contributed by atoms with van der Waals surface area (Å²) in [6, 6.07) is 15.2. The van der Waals surface area contributed by atoms with Crippen molar-refractivity contribution in [1.29, 1.82) is 0 Å². The van der Waals surface area contributed by atoms with Gasteiger partial charge in [-0.2, -0.15) is 21.6 Å². The Labute approximate surface area is 152 Å². The molecule has 3 aromatic rings. The maximum absolute atomic E-state index is 12.9. The molecule has 9 heteroatoms. The number of fused-ring (bicyclic) bond motifs is 3. The first-order valence-corrected chi connectivity index (χ1v) is 9.30. The molecule has 0 bridgehead atoms. The van der Waals surface area contributed by atoms with E-state index >= 15 is 0 Å². The average molecular weight is 398 g/mol. The van der Waals surface area contributed by atoms with Gasteiger partial charge in [0, 0.05) is 0 Å². The van der Waals surface area contributed by atoms with E-state index in [2.05, 4.69) is 4.74 Å². The van der Waals surface area contributed by atoms with Crippen molar-refractivity contribution >= 4 is 37.6 Å². The fraction of sp³-hybridized carbons (Fsp3) is 0.167. The largest absolute Gasteiger partial charge is 0.448 e. The summed E-state index contributed by atoms with van der Waals surface area (Å²) in [6.45, 7) is 0. The Morgan fingerprint density at radius 1 is 1.00 bits per heavy atom. The summed E-state index contributed by atoms with van der Waals surface area (Å²) >= 11 is 0. The SMILES string of the molecule is O=C(OC(CS(=O)(=O)O)C(F)(F)F)c1ccc2ccc3ccccc3c2c1. The normalized spacial score (nSPS) is 13.6. The van der Waals surface area contributed by atoms with Crippen LogP contribution in [0.25, 0.3) is 21.5 Å². The van der Waals surface area contributed by atoms with Crippen molar-refractivity contribution in [3.8, 4) is 0 Å². The van der Waals surface area contributed by atoms with Crippen molar-refractivity contribution in [2.24, 2.45) is 0 Å². The van der Waals surface area contributed by atoms with Crippen LogP contribution in [0.3, 0.4) is 0 Å². The molecule has 0 radical (unpaired) electrons. The lowest BCUT2D eigenvalue weighted by Crippen LogP contribution is -2.39. The van der Waals surface area contributed by atoms with Crippen molar-refractivity contribution in [1.82, 2.24) is 0 Å². The molecule has 3 rings (SSSR count). The number of ether oxygens (including phenoxy) is 1. The van der Waals surface area contributed by atoms with Crippen molar-refractivity contribution in [2.45, 2.75) is 12.3 Å². The average Bonchev–Trinajstić information content (AvgIpc) is 2.58. The van der Waals surface area contributed by atoms with E-state index in [9.17, 15) is 26.4 Å². The van der Waals surface area contributed by atoms with Crippen LogP contribution in [-0.4, -0.2) is 37.0 Å². The fourth-order valence-electron chi connectivity index (χ4n) is 2.71. The second-order valence-electron chi connectivity index (χ2n) is 5.91. The van der Waals surface area contributed by atoms with Gasteiger partial charge in [0.25, 0.3) is 10.1 Å². The molecule has 1 atom stereocenters. The number of carbonyl (C=O) groups is 1. The monoisotopic (exact) mass is 398 g/mol. The Bertz CT molecular complexity index is 1120. The number of esters is 1. The first kappa shape index (κ1) is 19.1. The minimum atomic E-state index is -5.14. The van der Waals surface area contributed by atoms with Crippen molar-refractivity contribution in [3.05, 3.63) is 60.2 Å². The standard InChI is InChI=1S/C18H13F3O5S/c19-18(20,21)16(10-27(23,24)25)26-17(22)13-8-7-12-6-5-11-3-1-2-4-14(11)15(12)9-13/h1-9,16H,10H2,(H,23,24,25). The highest BCUT2D eigenvalue weighted by Crippen LogP contribution is 2.28. The lowest BCUT2D eigenvalue weighted by molar-refractivity contribution is -0.197. The lowest BCUT2D eigenvalue weighted by atomic mass is 10.00. The molecule has 0 spiro atoms. The van der Waals surface area contributed by atoms with E-state index in [-0.39, 0.29) is 5.56 Å². The third-order valence-corrected chi connectivity index (χ3v) is 4.68. The summed E-state index contributed by atoms with van der Waals surface area (Å²) in [5.41, 5.74) is -0.163. The van der Waals surface area contributed by atoms with Gasteiger partial charge in [-0.3, -0.25) is 4.55 Å². The molecule has 0 fully saturated rings. The number of hydrogen-bond donors (Lipinski definition) is 1. The lowest BCUT2D eigenvalue weighted by Gasteiger charge is -2.19. The molecule has 5 nitrogen and oxygen atoms in total. The number of hydrogen-bond acceptors (Lipinski definition) is 4. The molecular formula is C18H13F3O5S. The Morgan fingerprint density at radius 2 is 1.59 bits per heavy atom. The molecule has 27 heavy (non-hydrogen) atoms. The van der Waals surface area contributed by atoms with Crippen LogP contribution in [0.5, 0.6) is 0 Å². The zero-order valence-electron chi connectivity index (χ0n) is 13.6. The van der Waals surface area contributed by atoms with Crippen LogP contribution in [0.1, 0.15) is 10.4 Å². The van der Waals surface area contributed by atoms with E-state index in [4.69, 9.17) is 4.55 Å². The van der Waals surface area contributed by atoms with Gasteiger partial charge in [-0.25, -0.2) is 4.79 Å². The first-order chi connectivity index (χ1) is 12.5. The Kier molecular flexibility index (Phi) is 4.83. The van der Waals surface area contributed by atoms with Crippen molar-refractivity contribution in [3.63, 3.8) is 0 Å². The van der Waals surface area contributed by atoms with E-state index in [1.807, 2.05) is 30.3 Å². The molecule has 142 valence electrons. The zero-order chi connectivity index (χ0) is 19.8. The smallest absolute Gasteiger partial charge is 0.426 e. The van der Waals surface area contributed by atoms with Crippen LogP contribution in [0, 0.1) is 0 Å². The maximum atomic E-state index is 12.9. The number of halogens is 3. The second-order valence-corrected chi connectivity index (χ2v) is 7.40. The van der Waals surface area contributed by atoms with Gasteiger partial charge in [0.1, 0.15) is 5.75 Å². The molecule has 0 saturated heterocycles. The van der Waals surface area contributed by atoms with Gasteiger partial charge in [0.2, 0.25) is 6.10 Å². The molecule has 0 aromatic heterocycles. The summed E-state index contributed by atoms with van der Waals surface area (Å²) in [6.07, 6.45) is -8.11. The third-order valence-electron chi connectivity index (χ3n) is 3.96. The van der Waals surface area contributed by atoms with E-state index < -0.39 is 34.1 Å². The minimum Gasteiger partial charge on any atom is -0.448 e. The molecule has 0 aliphatic carbocycles. The van der Waals surface area contributed by atoms with Gasteiger partial charge in [0.15, 0.2) is 0 Å². The first-order valence-electron chi connectivity index (χ1n) is 7.69. The summed E-state index contributed by atoms with van der Waals surface area (Å²) in [4.78, 5) is 12.2. The van der Waals surface area contributed by atoms with Gasteiger partial charge in [0.05, 0.1) is 5.56 Å². The molecule has 0 saturated carbocycles. The van der Waals surface area contributed by atoms with Crippen LogP contribution in [0.2, 0.25) is 0 Å². The molecule has 1 unspecified atom stereocenters. The quantitative estimate of drug-likeness (QED) is 0.409. The number of alkyl halides is 3. The van der Waals surface area contributed by atoms with Crippen molar-refractivity contribution in [2.75, 3.05) is 5.75 Å². The molecule has 1 N–H and O–H groups in total. The van der Waals surface area contributed by atoms with Crippen LogP contribution >= 0.6 is 0 Å². The Hall–Kier alpha value is -2.65. The number of carbonyl (C=O) groups excluding carboxylic acids is 1. The van der Waals surface area contributed by atoms with Crippen LogP contribution in [0.4, 0.5) is 13.2 Å². The highest BCUT2D eigenvalue weighted by atomic mass is 32.2. The van der Waals surface area contributed by atoms with Gasteiger partial charge in [-0.15, -0.1) is 0 Å². The van der Waals surface area contributed by atoms with Gasteiger partial charge < -0.3 is 4.74 Å². The third kappa shape index (κ3) is 4.37. The van der Waals surface area contributed by atoms with Crippen molar-refractivity contribution < 1.29 is 35.7 Å². The Balaban J connectivity index is 1.98. The summed E-state index contributed by atoms with van der Waals surface area (Å²) in [5, 5.41) is 3.10. The topological polar surface area (TPSA) is 80.7 Å². The summed E-state index contributed by atoms with van der Waals surface area (Å²) < 4.78 is 73.4. The van der Waals surface area contributed by atoms with Gasteiger partial charge in [-0.1, -0.05) is 42.5 Å². The highest BCUT2D eigenvalue weighted by molar-refractivity contribution is 7.85. The summed E-state index contributed by atoms with van der Waals surface area (Å²) in [5.74, 6) is -3.10. The number of rotatable bonds is 4. The molecule has 3 aromatic carbocycles. The second kappa shape index (κ2) is 6.82. The molecule has 0 heterocycles. The molecule has 0 amide bonds. The fourth-order valence-corrected chi connectivity index (χ4v) is 3.35. The van der Waals surface area contributed by atoms with Crippen LogP contribution < -0.4 is 0 Å². The van der Waals surface area contributed by atoms with Gasteiger partial charge in [-0.05, 0) is 33.7 Å². The molecule has 0 aliphatic heterocycles. The number of benzene rings is 3. The zero-order valence-corrected chi connectivity index (χ0v) is 14.4. The van der Waals surface area contributed by atoms with E-state index in [1.165, 1.54) is 12.1 Å². The predicted molar refractivity (Wildman–Crippen MR) is 93.1 cm³/mol. The van der Waals surface area contributed by atoms with Crippen LogP contribution in [-0.2, 0) is 14.9 Å².